The third-order valence-electron chi connectivity index (χ3n) is 7.42. The number of nitrogens with zero attached hydrogens (tertiary/aromatic N) is 3. The Kier molecular flexibility index (Phi) is 7.11. The summed E-state index contributed by atoms with van der Waals surface area (Å²) in [6, 6.07) is 13.1. The Balaban J connectivity index is 1.15. The fraction of sp³-hybridized carbons (Fsp3) is 0.500. The Morgan fingerprint density at radius 3 is 2.31 bits per heavy atom. The van der Waals surface area contributed by atoms with E-state index in [4.69, 9.17) is 4.74 Å². The highest BCUT2D eigenvalue weighted by atomic mass is 32.2. The lowest BCUT2D eigenvalue weighted by Gasteiger charge is -2.36. The van der Waals surface area contributed by atoms with Crippen LogP contribution in [-0.4, -0.2) is 82.1 Å². The monoisotopic (exact) mass is 498 g/mol. The lowest BCUT2D eigenvalue weighted by Crippen LogP contribution is -2.53. The third kappa shape index (κ3) is 5.23. The van der Waals surface area contributed by atoms with Gasteiger partial charge in [0.1, 0.15) is 0 Å². The minimum atomic E-state index is -3.52. The number of carbonyl (C=O) groups is 1. The van der Waals surface area contributed by atoms with Gasteiger partial charge in [-0.25, -0.2) is 8.42 Å². The van der Waals surface area contributed by atoms with Gasteiger partial charge in [-0.1, -0.05) is 6.07 Å². The molecule has 1 aliphatic carbocycles. The Hall–Kier alpha value is -2.46. The first kappa shape index (κ1) is 24.2. The van der Waals surface area contributed by atoms with Gasteiger partial charge >= 0.3 is 0 Å². The van der Waals surface area contributed by atoms with Crippen molar-refractivity contribution in [1.29, 1.82) is 0 Å². The van der Waals surface area contributed by atoms with Crippen LogP contribution in [0.4, 0.5) is 11.4 Å². The summed E-state index contributed by atoms with van der Waals surface area (Å²) in [7, 11) is -3.52. The van der Waals surface area contributed by atoms with Gasteiger partial charge in [0.25, 0.3) is 0 Å². The molecule has 2 fully saturated rings. The van der Waals surface area contributed by atoms with E-state index in [1.165, 1.54) is 5.56 Å². The molecule has 9 heteroatoms. The van der Waals surface area contributed by atoms with E-state index >= 15 is 0 Å². The summed E-state index contributed by atoms with van der Waals surface area (Å²) in [5.74, 6) is -0.0842. The number of fused-ring (bicyclic) bond motifs is 1. The van der Waals surface area contributed by atoms with E-state index in [0.717, 1.165) is 62.5 Å². The second-order valence-electron chi connectivity index (χ2n) is 9.54. The van der Waals surface area contributed by atoms with Crippen LogP contribution in [-0.2, 0) is 32.4 Å². The average Bonchev–Trinajstić information content (AvgIpc) is 3.37. The van der Waals surface area contributed by atoms with E-state index in [0.29, 0.717) is 31.1 Å². The highest BCUT2D eigenvalue weighted by Gasteiger charge is 2.32. The molecule has 2 heterocycles. The molecule has 0 aromatic heterocycles. The van der Waals surface area contributed by atoms with Crippen LogP contribution in [0.15, 0.2) is 47.4 Å². The van der Waals surface area contributed by atoms with Crippen LogP contribution in [0.5, 0.6) is 0 Å². The first-order valence-corrected chi connectivity index (χ1v) is 14.0. The van der Waals surface area contributed by atoms with Crippen molar-refractivity contribution >= 4 is 27.3 Å². The Morgan fingerprint density at radius 1 is 0.914 bits per heavy atom. The molecule has 3 aliphatic rings. The van der Waals surface area contributed by atoms with Crippen molar-refractivity contribution in [1.82, 2.24) is 9.21 Å². The summed E-state index contributed by atoms with van der Waals surface area (Å²) in [4.78, 5) is 17.6. The predicted octanol–water partition coefficient (Wildman–Crippen LogP) is 2.35. The zero-order valence-corrected chi connectivity index (χ0v) is 21.1. The van der Waals surface area contributed by atoms with E-state index in [9.17, 15) is 13.2 Å². The van der Waals surface area contributed by atoms with Gasteiger partial charge in [-0.15, -0.1) is 0 Å². The number of benzene rings is 2. The molecule has 0 spiro atoms. The second kappa shape index (κ2) is 10.3. The Bertz CT molecular complexity index is 1150. The minimum Gasteiger partial charge on any atom is -0.378 e. The number of sulfonamides is 1. The van der Waals surface area contributed by atoms with Gasteiger partial charge in [0.05, 0.1) is 24.2 Å². The van der Waals surface area contributed by atoms with Gasteiger partial charge in [0, 0.05) is 50.6 Å². The molecule has 1 N–H and O–H groups in total. The minimum absolute atomic E-state index is 0.0842. The summed E-state index contributed by atoms with van der Waals surface area (Å²) in [5, 5.41) is 3.00. The molecule has 188 valence electrons. The molecule has 1 amide bonds. The molecular weight excluding hydrogens is 464 g/mol. The summed E-state index contributed by atoms with van der Waals surface area (Å²) < 4.78 is 33.4. The molecule has 8 nitrogen and oxygen atoms in total. The molecule has 0 saturated carbocycles. The molecule has 0 bridgehead atoms. The molecule has 2 aliphatic heterocycles. The van der Waals surface area contributed by atoms with Crippen LogP contribution >= 0.6 is 0 Å². The van der Waals surface area contributed by atoms with Gasteiger partial charge in [-0.3, -0.25) is 9.69 Å². The van der Waals surface area contributed by atoms with E-state index in [1.807, 2.05) is 48.2 Å². The summed E-state index contributed by atoms with van der Waals surface area (Å²) >= 11 is 0. The normalized spacial score (nSPS) is 20.4. The predicted molar refractivity (Wildman–Crippen MR) is 136 cm³/mol. The largest absolute Gasteiger partial charge is 0.378 e. The number of hydrogen-bond acceptors (Lipinski definition) is 6. The summed E-state index contributed by atoms with van der Waals surface area (Å²) in [6.07, 6.45) is 3.08. The van der Waals surface area contributed by atoms with Gasteiger partial charge < -0.3 is 15.0 Å². The van der Waals surface area contributed by atoms with Crippen LogP contribution in [0.2, 0.25) is 0 Å². The smallest absolute Gasteiger partial charge is 0.243 e. The van der Waals surface area contributed by atoms with Crippen molar-refractivity contribution in [2.75, 3.05) is 62.7 Å². The van der Waals surface area contributed by atoms with Gasteiger partial charge in [0.2, 0.25) is 15.9 Å². The molecule has 2 aromatic rings. The van der Waals surface area contributed by atoms with Crippen LogP contribution in [0, 0.1) is 0 Å². The van der Waals surface area contributed by atoms with E-state index in [-0.39, 0.29) is 11.9 Å². The number of piperazine rings is 1. The molecule has 0 unspecified atom stereocenters. The van der Waals surface area contributed by atoms with Crippen molar-refractivity contribution in [2.24, 2.45) is 0 Å². The molecule has 2 aromatic carbocycles. The van der Waals surface area contributed by atoms with Crippen molar-refractivity contribution in [3.63, 3.8) is 0 Å². The van der Waals surface area contributed by atoms with Crippen LogP contribution in [0.3, 0.4) is 0 Å². The van der Waals surface area contributed by atoms with Gasteiger partial charge in [-0.05, 0) is 73.7 Å². The summed E-state index contributed by atoms with van der Waals surface area (Å²) in [6.45, 7) is 6.89. The fourth-order valence-corrected chi connectivity index (χ4v) is 6.65. The first-order chi connectivity index (χ1) is 16.9. The highest BCUT2D eigenvalue weighted by molar-refractivity contribution is 7.89. The van der Waals surface area contributed by atoms with Crippen LogP contribution in [0.1, 0.15) is 24.5 Å². The highest BCUT2D eigenvalue weighted by Crippen LogP contribution is 2.27. The van der Waals surface area contributed by atoms with Crippen molar-refractivity contribution in [2.45, 2.75) is 37.1 Å². The number of nitrogens with one attached hydrogen (secondary N) is 1. The number of aryl methyl sites for hydroxylation is 2. The fourth-order valence-electron chi connectivity index (χ4n) is 5.18. The molecule has 35 heavy (non-hydrogen) atoms. The quantitative estimate of drug-likeness (QED) is 0.659. The second-order valence-corrected chi connectivity index (χ2v) is 11.5. The molecular formula is C26H34N4O4S. The van der Waals surface area contributed by atoms with Gasteiger partial charge in [0.15, 0.2) is 0 Å². The zero-order chi connectivity index (χ0) is 24.4. The summed E-state index contributed by atoms with van der Waals surface area (Å²) in [5.41, 5.74) is 4.31. The van der Waals surface area contributed by atoms with E-state index in [2.05, 4.69) is 10.2 Å². The maximum Gasteiger partial charge on any atom is 0.243 e. The number of hydrogen-bond donors (Lipinski definition) is 1. The number of carbonyl (C=O) groups excluding carboxylic acids is 1. The van der Waals surface area contributed by atoms with Crippen molar-refractivity contribution in [3.05, 3.63) is 53.6 Å². The SMILES string of the molecule is C[C@@H](C(=O)Nc1ccc(N2CCOCC2)cc1)N1CCN(S(=O)(=O)c2ccc3c(c2)CCC3)CC1. The molecule has 5 rings (SSSR count). The zero-order valence-electron chi connectivity index (χ0n) is 20.3. The number of ether oxygens (including phenoxy) is 1. The number of amides is 1. The topological polar surface area (TPSA) is 82.2 Å². The molecule has 2 saturated heterocycles. The third-order valence-corrected chi connectivity index (χ3v) is 9.31. The van der Waals surface area contributed by atoms with Crippen LogP contribution in [0.25, 0.3) is 0 Å². The van der Waals surface area contributed by atoms with Crippen LogP contribution < -0.4 is 10.2 Å². The lowest BCUT2D eigenvalue weighted by atomic mass is 10.1. The maximum atomic E-state index is 13.2. The molecule has 1 atom stereocenters. The van der Waals surface area contributed by atoms with E-state index in [1.54, 1.807) is 10.4 Å². The maximum absolute atomic E-state index is 13.2. The van der Waals surface area contributed by atoms with E-state index < -0.39 is 10.0 Å². The standard InChI is InChI=1S/C26H34N4O4S/c1-20(26(31)27-23-6-8-24(9-7-23)29-15-17-34-18-16-29)28-11-13-30(14-12-28)35(32,33)25-10-5-21-3-2-4-22(21)19-25/h5-10,19-20H,2-4,11-18H2,1H3,(H,27,31)/t20-/m0/s1. The first-order valence-electron chi connectivity index (χ1n) is 12.5. The Labute approximate surface area is 207 Å². The van der Waals surface area contributed by atoms with Crippen molar-refractivity contribution in [3.8, 4) is 0 Å². The number of anilines is 2. The number of rotatable bonds is 6. The van der Waals surface area contributed by atoms with Crippen molar-refractivity contribution < 1.29 is 17.9 Å². The average molecular weight is 499 g/mol. The van der Waals surface area contributed by atoms with Gasteiger partial charge in [-0.2, -0.15) is 4.31 Å². The Morgan fingerprint density at radius 2 is 1.60 bits per heavy atom. The lowest BCUT2D eigenvalue weighted by molar-refractivity contribution is -0.121. The molecule has 0 radical (unpaired) electrons. The number of morpholine rings is 1.